The van der Waals surface area contributed by atoms with Gasteiger partial charge in [0.2, 0.25) is 0 Å². The van der Waals surface area contributed by atoms with Crippen molar-refractivity contribution in [2.75, 3.05) is 18.5 Å². The maximum atomic E-state index is 12.4. The van der Waals surface area contributed by atoms with Gasteiger partial charge in [-0.25, -0.2) is 0 Å². The van der Waals surface area contributed by atoms with Crippen LogP contribution in [0.4, 0.5) is 5.69 Å². The monoisotopic (exact) mass is 408 g/mol. The van der Waals surface area contributed by atoms with Gasteiger partial charge in [-0.3, -0.25) is 9.59 Å². The molecule has 7 heteroatoms. The van der Waals surface area contributed by atoms with Crippen LogP contribution in [0.25, 0.3) is 0 Å². The minimum atomic E-state index is -0.303. The van der Waals surface area contributed by atoms with Crippen LogP contribution in [0.5, 0.6) is 0 Å². The molecule has 0 bridgehead atoms. The topological polar surface area (TPSA) is 105 Å². The molecule has 0 radical (unpaired) electrons. The quantitative estimate of drug-likeness (QED) is 0.452. The molecule has 30 heavy (non-hydrogen) atoms. The average Bonchev–Trinajstić information content (AvgIpc) is 3.58. The molecule has 3 rings (SSSR count). The zero-order valence-electron chi connectivity index (χ0n) is 17.1. The predicted octanol–water partition coefficient (Wildman–Crippen LogP) is 2.51. The van der Waals surface area contributed by atoms with Gasteiger partial charge >= 0.3 is 0 Å². The van der Waals surface area contributed by atoms with Crippen molar-refractivity contribution in [3.63, 3.8) is 0 Å². The number of carbonyl (C=O) groups excluding carboxylic acids is 2. The molecule has 0 aromatic heterocycles. The molecule has 158 valence electrons. The van der Waals surface area contributed by atoms with E-state index in [2.05, 4.69) is 16.0 Å². The number of hydrogen-bond acceptors (Lipinski definition) is 5. The number of benzene rings is 2. The summed E-state index contributed by atoms with van der Waals surface area (Å²) in [6.07, 6.45) is 1.96. The fourth-order valence-electron chi connectivity index (χ4n) is 2.80. The van der Waals surface area contributed by atoms with Crippen LogP contribution in [0.1, 0.15) is 35.7 Å². The van der Waals surface area contributed by atoms with E-state index in [0.717, 1.165) is 18.4 Å². The van der Waals surface area contributed by atoms with Crippen molar-refractivity contribution in [2.24, 2.45) is 5.73 Å². The van der Waals surface area contributed by atoms with E-state index in [1.807, 2.05) is 37.3 Å². The average molecular weight is 409 g/mol. The number of ether oxygens (including phenoxy) is 1. The Bertz CT molecular complexity index is 890. The van der Waals surface area contributed by atoms with Gasteiger partial charge in [0.1, 0.15) is 5.70 Å². The number of amides is 2. The Labute approximate surface area is 176 Å². The van der Waals surface area contributed by atoms with E-state index in [1.54, 1.807) is 24.3 Å². The number of carbonyl (C=O) groups is 2. The number of anilines is 1. The van der Waals surface area contributed by atoms with Crippen molar-refractivity contribution in [2.45, 2.75) is 32.4 Å². The molecule has 1 fully saturated rings. The molecule has 0 spiro atoms. The molecule has 5 N–H and O–H groups in total. The molecule has 7 nitrogen and oxygen atoms in total. The van der Waals surface area contributed by atoms with Gasteiger partial charge in [-0.05, 0) is 49.6 Å². The van der Waals surface area contributed by atoms with Crippen LogP contribution in [-0.4, -0.2) is 31.0 Å². The van der Waals surface area contributed by atoms with Crippen LogP contribution in [0.3, 0.4) is 0 Å². The maximum Gasteiger partial charge on any atom is 0.269 e. The lowest BCUT2D eigenvalue weighted by atomic mass is 10.2. The van der Waals surface area contributed by atoms with Crippen LogP contribution in [0.2, 0.25) is 0 Å². The Morgan fingerprint density at radius 2 is 1.77 bits per heavy atom. The number of nitrogens with one attached hydrogen (secondary N) is 3. The molecule has 0 aliphatic heterocycles. The fraction of sp³-hybridized carbons (Fsp3) is 0.304. The molecule has 2 aromatic carbocycles. The third kappa shape index (κ3) is 6.35. The normalized spacial score (nSPS) is 13.9. The van der Waals surface area contributed by atoms with E-state index in [0.29, 0.717) is 30.1 Å². The first-order valence-corrected chi connectivity index (χ1v) is 10.1. The highest BCUT2D eigenvalue weighted by atomic mass is 16.5. The Morgan fingerprint density at radius 1 is 1.07 bits per heavy atom. The lowest BCUT2D eigenvalue weighted by Crippen LogP contribution is -2.33. The molecule has 1 aliphatic carbocycles. The smallest absolute Gasteiger partial charge is 0.269 e. The first kappa shape index (κ1) is 21.4. The van der Waals surface area contributed by atoms with Gasteiger partial charge in [0.05, 0.1) is 18.9 Å². The van der Waals surface area contributed by atoms with Gasteiger partial charge < -0.3 is 26.4 Å². The van der Waals surface area contributed by atoms with Gasteiger partial charge in [-0.1, -0.05) is 30.3 Å². The van der Waals surface area contributed by atoms with Gasteiger partial charge in [-0.15, -0.1) is 0 Å². The van der Waals surface area contributed by atoms with E-state index in [-0.39, 0.29) is 30.2 Å². The summed E-state index contributed by atoms with van der Waals surface area (Å²) in [5.74, 6) is -0.434. The number of hydrogen-bond donors (Lipinski definition) is 4. The number of nitrogens with two attached hydrogens (primary N) is 1. The first-order chi connectivity index (χ1) is 14.6. The van der Waals surface area contributed by atoms with Gasteiger partial charge in [0.25, 0.3) is 11.8 Å². The second kappa shape index (κ2) is 10.5. The third-order valence-corrected chi connectivity index (χ3v) is 4.62. The van der Waals surface area contributed by atoms with Crippen LogP contribution in [-0.2, 0) is 16.1 Å². The molecule has 0 saturated heterocycles. The third-order valence-electron chi connectivity index (χ3n) is 4.62. The van der Waals surface area contributed by atoms with Crippen LogP contribution in [0, 0.1) is 0 Å². The Hall–Kier alpha value is -3.32. The molecule has 0 atom stereocenters. The number of rotatable bonds is 10. The summed E-state index contributed by atoms with van der Waals surface area (Å²) in [5.41, 5.74) is 9.03. The van der Waals surface area contributed by atoms with Gasteiger partial charge in [0.15, 0.2) is 0 Å². The van der Waals surface area contributed by atoms with E-state index < -0.39 is 0 Å². The van der Waals surface area contributed by atoms with Crippen molar-refractivity contribution in [3.05, 3.63) is 77.1 Å². The summed E-state index contributed by atoms with van der Waals surface area (Å²) in [7, 11) is 0. The van der Waals surface area contributed by atoms with E-state index >= 15 is 0 Å². The maximum absolute atomic E-state index is 12.4. The largest absolute Gasteiger partial charge is 0.393 e. The molecule has 2 amide bonds. The molecule has 0 unspecified atom stereocenters. The van der Waals surface area contributed by atoms with Crippen LogP contribution >= 0.6 is 0 Å². The highest BCUT2D eigenvalue weighted by molar-refractivity contribution is 5.95. The second-order valence-corrected chi connectivity index (χ2v) is 7.18. The van der Waals surface area contributed by atoms with E-state index in [9.17, 15) is 9.59 Å². The summed E-state index contributed by atoms with van der Waals surface area (Å²) in [5, 5.41) is 8.83. The zero-order valence-corrected chi connectivity index (χ0v) is 17.1. The minimum Gasteiger partial charge on any atom is -0.393 e. The first-order valence-electron chi connectivity index (χ1n) is 10.1. The summed E-state index contributed by atoms with van der Waals surface area (Å²) in [4.78, 5) is 24.4. The van der Waals surface area contributed by atoms with E-state index in [4.69, 9.17) is 10.5 Å². The minimum absolute atomic E-state index is 0.0998. The molecule has 2 aromatic rings. The van der Waals surface area contributed by atoms with Crippen molar-refractivity contribution >= 4 is 17.5 Å². The molecular weight excluding hydrogens is 380 g/mol. The fourth-order valence-corrected chi connectivity index (χ4v) is 2.80. The Morgan fingerprint density at radius 3 is 2.40 bits per heavy atom. The summed E-state index contributed by atoms with van der Waals surface area (Å²) >= 11 is 0. The highest BCUT2D eigenvalue weighted by Gasteiger charge is 2.25. The predicted molar refractivity (Wildman–Crippen MR) is 117 cm³/mol. The standard InChI is InChI=1S/C23H28N4O3/c1-2-25-22(28)17-8-10-18(11-9-17)26-20(21(24)23(29)27-19-12-13-19)15-30-14-16-6-4-3-5-7-16/h3-11,19,26H,2,12-15,24H2,1H3,(H,25,28)(H,27,29)/b21-20-. The van der Waals surface area contributed by atoms with Crippen LogP contribution < -0.4 is 21.7 Å². The summed E-state index contributed by atoms with van der Waals surface area (Å²) < 4.78 is 5.80. The Balaban J connectivity index is 1.69. The molecule has 0 heterocycles. The van der Waals surface area contributed by atoms with Crippen molar-refractivity contribution in [3.8, 4) is 0 Å². The highest BCUT2D eigenvalue weighted by Crippen LogP contribution is 2.20. The zero-order chi connectivity index (χ0) is 21.3. The van der Waals surface area contributed by atoms with E-state index in [1.165, 1.54) is 0 Å². The lowest BCUT2D eigenvalue weighted by molar-refractivity contribution is -0.117. The van der Waals surface area contributed by atoms with Crippen LogP contribution in [0.15, 0.2) is 66.0 Å². The second-order valence-electron chi connectivity index (χ2n) is 7.18. The Kier molecular flexibility index (Phi) is 7.45. The molecular formula is C23H28N4O3. The lowest BCUT2D eigenvalue weighted by Gasteiger charge is -2.16. The van der Waals surface area contributed by atoms with Gasteiger partial charge in [-0.2, -0.15) is 0 Å². The molecule has 1 saturated carbocycles. The molecule has 1 aliphatic rings. The summed E-state index contributed by atoms with van der Waals surface area (Å²) in [6, 6.07) is 17.0. The summed E-state index contributed by atoms with van der Waals surface area (Å²) in [6.45, 7) is 2.99. The van der Waals surface area contributed by atoms with Crippen molar-refractivity contribution in [1.82, 2.24) is 10.6 Å². The van der Waals surface area contributed by atoms with Crippen molar-refractivity contribution in [1.29, 1.82) is 0 Å². The van der Waals surface area contributed by atoms with Gasteiger partial charge in [0, 0.05) is 23.8 Å². The van der Waals surface area contributed by atoms with Crippen molar-refractivity contribution < 1.29 is 14.3 Å². The SMILES string of the molecule is CCNC(=O)c1ccc(N/C(COCc2ccccc2)=C(\N)C(=O)NC2CC2)cc1.